The van der Waals surface area contributed by atoms with E-state index in [0.29, 0.717) is 0 Å². The predicted octanol–water partition coefficient (Wildman–Crippen LogP) is 2.47. The van der Waals surface area contributed by atoms with E-state index in [1.54, 1.807) is 0 Å². The predicted molar refractivity (Wildman–Crippen MR) is 59.7 cm³/mol. The van der Waals surface area contributed by atoms with Gasteiger partial charge in [-0.2, -0.15) is 13.2 Å². The van der Waals surface area contributed by atoms with Crippen LogP contribution in [0.5, 0.6) is 5.75 Å². The minimum atomic E-state index is -4.49. The molecule has 0 aliphatic rings. The minimum absolute atomic E-state index is 0.0108. The number of hydrogen-bond acceptors (Lipinski definition) is 3. The van der Waals surface area contributed by atoms with Crippen molar-refractivity contribution in [2.24, 2.45) is 5.73 Å². The first-order valence-corrected chi connectivity index (χ1v) is 5.43. The van der Waals surface area contributed by atoms with Crippen LogP contribution in [-0.4, -0.2) is 18.8 Å². The highest BCUT2D eigenvalue weighted by Gasteiger charge is 2.33. The van der Waals surface area contributed by atoms with E-state index in [4.69, 9.17) is 10.5 Å². The molecule has 0 saturated heterocycles. The topological polar surface area (TPSA) is 55.5 Å². The summed E-state index contributed by atoms with van der Waals surface area (Å²) in [5.41, 5.74) is 4.38. The van der Waals surface area contributed by atoms with Gasteiger partial charge in [-0.3, -0.25) is 0 Å². The summed E-state index contributed by atoms with van der Waals surface area (Å²) in [6.45, 7) is -0.190. The molecule has 0 bridgehead atoms. The zero-order valence-electron chi connectivity index (χ0n) is 8.88. The third-order valence-electron chi connectivity index (χ3n) is 2.19. The third-order valence-corrected chi connectivity index (χ3v) is 2.78. The van der Waals surface area contributed by atoms with Gasteiger partial charge in [0.2, 0.25) is 0 Å². The van der Waals surface area contributed by atoms with Crippen LogP contribution in [0.3, 0.4) is 0 Å². The molecule has 0 spiro atoms. The zero-order chi connectivity index (χ0) is 13.2. The molecule has 0 fully saturated rings. The largest absolute Gasteiger partial charge is 0.495 e. The number of alkyl halides is 3. The number of aliphatic hydroxyl groups is 1. The number of methoxy groups -OCH3 is 1. The van der Waals surface area contributed by atoms with Gasteiger partial charge in [0.15, 0.2) is 0 Å². The Morgan fingerprint density at radius 3 is 2.47 bits per heavy atom. The number of nitrogens with two attached hydrogens (primary N) is 1. The number of ether oxygens (including phenoxy) is 1. The molecule has 0 aliphatic carbocycles. The summed E-state index contributed by atoms with van der Waals surface area (Å²) in [6.07, 6.45) is -5.69. The molecule has 0 amide bonds. The summed E-state index contributed by atoms with van der Waals surface area (Å²) < 4.78 is 42.8. The maximum Gasteiger partial charge on any atom is 0.416 e. The average molecular weight is 314 g/mol. The quantitative estimate of drug-likeness (QED) is 0.901. The van der Waals surface area contributed by atoms with Gasteiger partial charge in [0.05, 0.1) is 23.2 Å². The molecule has 1 rings (SSSR count). The molecule has 0 aromatic heterocycles. The van der Waals surface area contributed by atoms with Crippen molar-refractivity contribution in [3.63, 3.8) is 0 Å². The molecule has 1 aromatic rings. The minimum Gasteiger partial charge on any atom is -0.495 e. The average Bonchev–Trinajstić information content (AvgIpc) is 2.25. The van der Waals surface area contributed by atoms with Crippen LogP contribution in [0.4, 0.5) is 13.2 Å². The molecular weight excluding hydrogens is 303 g/mol. The van der Waals surface area contributed by atoms with Crippen LogP contribution in [0, 0.1) is 0 Å². The summed E-state index contributed by atoms with van der Waals surface area (Å²) in [4.78, 5) is 0. The van der Waals surface area contributed by atoms with Crippen molar-refractivity contribution < 1.29 is 23.0 Å². The van der Waals surface area contributed by atoms with Crippen molar-refractivity contribution in [1.82, 2.24) is 0 Å². The number of rotatable bonds is 3. The monoisotopic (exact) mass is 313 g/mol. The third kappa shape index (κ3) is 3.11. The van der Waals surface area contributed by atoms with Crippen molar-refractivity contribution in [2.75, 3.05) is 13.7 Å². The Morgan fingerprint density at radius 2 is 2.06 bits per heavy atom. The molecule has 3 nitrogen and oxygen atoms in total. The van der Waals surface area contributed by atoms with Gasteiger partial charge < -0.3 is 15.6 Å². The molecule has 0 saturated carbocycles. The van der Waals surface area contributed by atoms with Gasteiger partial charge in [-0.05, 0) is 28.1 Å². The highest BCUT2D eigenvalue weighted by atomic mass is 79.9. The summed E-state index contributed by atoms with van der Waals surface area (Å²) in [5, 5.41) is 9.56. The Bertz CT molecular complexity index is 409. The van der Waals surface area contributed by atoms with E-state index in [-0.39, 0.29) is 22.3 Å². The Labute approximate surface area is 105 Å². The fourth-order valence-corrected chi connectivity index (χ4v) is 2.01. The second kappa shape index (κ2) is 5.24. The number of hydrogen-bond donors (Lipinski definition) is 2. The van der Waals surface area contributed by atoms with Crippen LogP contribution in [-0.2, 0) is 6.18 Å². The molecule has 0 heterocycles. The molecule has 1 unspecified atom stereocenters. The van der Waals surface area contributed by atoms with Gasteiger partial charge in [0.25, 0.3) is 0 Å². The van der Waals surface area contributed by atoms with E-state index in [1.165, 1.54) is 7.11 Å². The number of aliphatic hydroxyl groups excluding tert-OH is 1. The van der Waals surface area contributed by atoms with Crippen molar-refractivity contribution in [3.8, 4) is 5.75 Å². The van der Waals surface area contributed by atoms with Crippen LogP contribution in [0.15, 0.2) is 16.6 Å². The Balaban J connectivity index is 3.39. The van der Waals surface area contributed by atoms with Gasteiger partial charge in [-0.25, -0.2) is 0 Å². The van der Waals surface area contributed by atoms with E-state index in [1.807, 2.05) is 0 Å². The van der Waals surface area contributed by atoms with Gasteiger partial charge in [0, 0.05) is 12.1 Å². The highest BCUT2D eigenvalue weighted by Crippen LogP contribution is 2.39. The van der Waals surface area contributed by atoms with Crippen LogP contribution < -0.4 is 10.5 Å². The van der Waals surface area contributed by atoms with E-state index < -0.39 is 17.8 Å². The fourth-order valence-electron chi connectivity index (χ4n) is 1.37. The maximum absolute atomic E-state index is 12.6. The first-order valence-electron chi connectivity index (χ1n) is 4.64. The summed E-state index contributed by atoms with van der Waals surface area (Å²) in [6, 6.07) is 1.73. The van der Waals surface area contributed by atoms with E-state index in [9.17, 15) is 18.3 Å². The zero-order valence-corrected chi connectivity index (χ0v) is 10.5. The van der Waals surface area contributed by atoms with Crippen molar-refractivity contribution in [3.05, 3.63) is 27.7 Å². The van der Waals surface area contributed by atoms with Crippen LogP contribution >= 0.6 is 15.9 Å². The number of benzene rings is 1. The maximum atomic E-state index is 12.6. The van der Waals surface area contributed by atoms with Crippen molar-refractivity contribution in [2.45, 2.75) is 12.3 Å². The summed E-state index contributed by atoms with van der Waals surface area (Å²) >= 11 is 2.97. The van der Waals surface area contributed by atoms with Crippen molar-refractivity contribution >= 4 is 15.9 Å². The highest BCUT2D eigenvalue weighted by molar-refractivity contribution is 9.10. The Morgan fingerprint density at radius 1 is 1.47 bits per heavy atom. The Kier molecular flexibility index (Phi) is 4.40. The van der Waals surface area contributed by atoms with Crippen LogP contribution in [0.2, 0.25) is 0 Å². The normalized spacial score (nSPS) is 13.6. The van der Waals surface area contributed by atoms with Gasteiger partial charge >= 0.3 is 6.18 Å². The van der Waals surface area contributed by atoms with Gasteiger partial charge in [0.1, 0.15) is 5.75 Å². The summed E-state index contributed by atoms with van der Waals surface area (Å²) in [7, 11) is 1.31. The molecule has 96 valence electrons. The second-order valence-electron chi connectivity index (χ2n) is 3.33. The lowest BCUT2D eigenvalue weighted by atomic mass is 10.0. The first kappa shape index (κ1) is 14.3. The Hall–Kier alpha value is -0.790. The first-order chi connectivity index (χ1) is 7.81. The van der Waals surface area contributed by atoms with E-state index in [0.717, 1.165) is 12.1 Å². The van der Waals surface area contributed by atoms with Crippen molar-refractivity contribution in [1.29, 1.82) is 0 Å². The molecular formula is C10H11BrF3NO2. The van der Waals surface area contributed by atoms with Crippen LogP contribution in [0.25, 0.3) is 0 Å². The smallest absolute Gasteiger partial charge is 0.416 e. The molecule has 17 heavy (non-hydrogen) atoms. The second-order valence-corrected chi connectivity index (χ2v) is 4.18. The fraction of sp³-hybridized carbons (Fsp3) is 0.400. The number of halogens is 4. The van der Waals surface area contributed by atoms with Crippen LogP contribution in [0.1, 0.15) is 17.2 Å². The molecule has 1 aromatic carbocycles. The lowest BCUT2D eigenvalue weighted by Crippen LogP contribution is -2.15. The van der Waals surface area contributed by atoms with E-state index >= 15 is 0 Å². The lowest BCUT2D eigenvalue weighted by molar-refractivity contribution is -0.137. The molecule has 3 N–H and O–H groups in total. The lowest BCUT2D eigenvalue weighted by Gasteiger charge is -2.17. The van der Waals surface area contributed by atoms with Gasteiger partial charge in [-0.15, -0.1) is 0 Å². The standard InChI is InChI=1S/C10H11BrF3NO2/c1-17-9-6(8(16)4-15)2-5(3-7(9)11)10(12,13)14/h2-3,8,16H,4,15H2,1H3. The molecule has 0 radical (unpaired) electrons. The summed E-state index contributed by atoms with van der Waals surface area (Å²) in [5.74, 6) is 0.149. The molecule has 7 heteroatoms. The van der Waals surface area contributed by atoms with Gasteiger partial charge in [-0.1, -0.05) is 0 Å². The SMILES string of the molecule is COc1c(Br)cc(C(F)(F)F)cc1C(O)CN. The van der Waals surface area contributed by atoms with E-state index in [2.05, 4.69) is 15.9 Å². The molecule has 1 atom stereocenters. The molecule has 0 aliphatic heterocycles.